The topological polar surface area (TPSA) is 105 Å². The van der Waals surface area contributed by atoms with Gasteiger partial charge in [-0.05, 0) is 62.6 Å². The van der Waals surface area contributed by atoms with Crippen molar-refractivity contribution in [2.24, 2.45) is 5.92 Å². The van der Waals surface area contributed by atoms with Gasteiger partial charge in [0.2, 0.25) is 21.8 Å². The fraction of sp³-hybridized carbons (Fsp3) is 0.318. The molecule has 0 spiro atoms. The van der Waals surface area contributed by atoms with Crippen molar-refractivity contribution in [3.05, 3.63) is 59.4 Å². The standard InChI is InChI=1S/C22H23FN4O4S/c1-14-3-8-19(15(2)13-14)21-25-26-22(31-21)24-20(28)16-9-11-27(12-10-16)32(29,30)18-6-4-17(23)5-7-18/h3-8,13,16H,9-12H2,1-2H3,(H,24,26,28). The number of aromatic nitrogens is 2. The summed E-state index contributed by atoms with van der Waals surface area (Å²) in [5, 5.41) is 10.6. The summed E-state index contributed by atoms with van der Waals surface area (Å²) in [5.41, 5.74) is 2.90. The lowest BCUT2D eigenvalue weighted by atomic mass is 9.97. The van der Waals surface area contributed by atoms with Crippen molar-refractivity contribution in [3.63, 3.8) is 0 Å². The summed E-state index contributed by atoms with van der Waals surface area (Å²) in [6.07, 6.45) is 0.703. The van der Waals surface area contributed by atoms with Crippen LogP contribution in [0.4, 0.5) is 10.4 Å². The Morgan fingerprint density at radius 2 is 1.78 bits per heavy atom. The summed E-state index contributed by atoms with van der Waals surface area (Å²) in [6.45, 7) is 4.32. The second-order valence-corrected chi connectivity index (χ2v) is 9.79. The number of amides is 1. The zero-order chi connectivity index (χ0) is 22.9. The molecular weight excluding hydrogens is 435 g/mol. The van der Waals surface area contributed by atoms with Crippen LogP contribution >= 0.6 is 0 Å². The van der Waals surface area contributed by atoms with Gasteiger partial charge < -0.3 is 4.42 Å². The number of hydrogen-bond acceptors (Lipinski definition) is 6. The van der Waals surface area contributed by atoms with E-state index in [0.29, 0.717) is 18.7 Å². The summed E-state index contributed by atoms with van der Waals surface area (Å²) < 4.78 is 45.5. The Morgan fingerprint density at radius 1 is 1.09 bits per heavy atom. The molecule has 1 fully saturated rings. The predicted octanol–water partition coefficient (Wildman–Crippen LogP) is 3.53. The zero-order valence-electron chi connectivity index (χ0n) is 17.7. The number of carbonyl (C=O) groups excluding carboxylic acids is 1. The minimum atomic E-state index is -3.73. The molecule has 1 N–H and O–H groups in total. The number of nitrogens with one attached hydrogen (secondary N) is 1. The summed E-state index contributed by atoms with van der Waals surface area (Å²) in [6, 6.07) is 10.6. The number of aryl methyl sites for hydroxylation is 2. The van der Waals surface area contributed by atoms with Gasteiger partial charge in [-0.3, -0.25) is 10.1 Å². The van der Waals surface area contributed by atoms with E-state index < -0.39 is 15.8 Å². The molecule has 1 aromatic heterocycles. The molecule has 0 radical (unpaired) electrons. The van der Waals surface area contributed by atoms with E-state index in [1.807, 2.05) is 32.0 Å². The number of piperidine rings is 1. The molecule has 0 saturated carbocycles. The van der Waals surface area contributed by atoms with Crippen molar-refractivity contribution >= 4 is 21.9 Å². The normalized spacial score (nSPS) is 15.6. The van der Waals surface area contributed by atoms with E-state index in [1.165, 1.54) is 16.4 Å². The molecule has 1 saturated heterocycles. The van der Waals surface area contributed by atoms with E-state index in [9.17, 15) is 17.6 Å². The predicted molar refractivity (Wildman–Crippen MR) is 116 cm³/mol. The Bertz CT molecular complexity index is 1230. The smallest absolute Gasteiger partial charge is 0.322 e. The maximum atomic E-state index is 13.1. The zero-order valence-corrected chi connectivity index (χ0v) is 18.5. The Morgan fingerprint density at radius 3 is 2.44 bits per heavy atom. The van der Waals surface area contributed by atoms with Gasteiger partial charge in [-0.15, -0.1) is 5.10 Å². The van der Waals surface area contributed by atoms with Gasteiger partial charge >= 0.3 is 6.01 Å². The first-order chi connectivity index (χ1) is 15.2. The van der Waals surface area contributed by atoms with Crippen LogP contribution in [0.25, 0.3) is 11.5 Å². The molecule has 1 aliphatic heterocycles. The van der Waals surface area contributed by atoms with Crippen molar-refractivity contribution in [3.8, 4) is 11.5 Å². The minimum absolute atomic E-state index is 0.00587. The van der Waals surface area contributed by atoms with E-state index in [4.69, 9.17) is 4.42 Å². The van der Waals surface area contributed by atoms with Crippen molar-refractivity contribution in [2.75, 3.05) is 18.4 Å². The van der Waals surface area contributed by atoms with Crippen LogP contribution in [0.2, 0.25) is 0 Å². The lowest BCUT2D eigenvalue weighted by molar-refractivity contribution is -0.121. The Hall–Kier alpha value is -3.11. The quantitative estimate of drug-likeness (QED) is 0.627. The molecule has 3 aromatic rings. The maximum Gasteiger partial charge on any atom is 0.322 e. The summed E-state index contributed by atoms with van der Waals surface area (Å²) in [5.74, 6) is -0.857. The number of benzene rings is 2. The molecule has 0 bridgehead atoms. The van der Waals surface area contributed by atoms with Crippen LogP contribution in [0.5, 0.6) is 0 Å². The van der Waals surface area contributed by atoms with Crippen molar-refractivity contribution < 1.29 is 22.0 Å². The van der Waals surface area contributed by atoms with Crippen LogP contribution in [0.15, 0.2) is 51.8 Å². The van der Waals surface area contributed by atoms with Crippen LogP contribution in [0.1, 0.15) is 24.0 Å². The second-order valence-electron chi connectivity index (χ2n) is 7.85. The molecule has 8 nitrogen and oxygen atoms in total. The molecule has 32 heavy (non-hydrogen) atoms. The van der Waals surface area contributed by atoms with Crippen LogP contribution in [0.3, 0.4) is 0 Å². The summed E-state index contributed by atoms with van der Waals surface area (Å²) in [4.78, 5) is 12.7. The first-order valence-corrected chi connectivity index (χ1v) is 11.7. The van der Waals surface area contributed by atoms with Gasteiger partial charge in [0.05, 0.1) is 4.90 Å². The number of nitrogens with zero attached hydrogens (tertiary/aromatic N) is 3. The molecule has 1 aliphatic rings. The molecule has 1 amide bonds. The van der Waals surface area contributed by atoms with E-state index in [0.717, 1.165) is 28.8 Å². The summed E-state index contributed by atoms with van der Waals surface area (Å²) in [7, 11) is -3.73. The molecule has 168 valence electrons. The fourth-order valence-corrected chi connectivity index (χ4v) is 5.23. The molecule has 0 unspecified atom stereocenters. The number of carbonyl (C=O) groups is 1. The highest BCUT2D eigenvalue weighted by molar-refractivity contribution is 7.89. The highest BCUT2D eigenvalue weighted by Crippen LogP contribution is 2.27. The lowest BCUT2D eigenvalue weighted by Gasteiger charge is -2.30. The third-order valence-corrected chi connectivity index (χ3v) is 7.46. The van der Waals surface area contributed by atoms with Crippen molar-refractivity contribution in [1.29, 1.82) is 0 Å². The van der Waals surface area contributed by atoms with E-state index in [-0.39, 0.29) is 35.8 Å². The van der Waals surface area contributed by atoms with Gasteiger partial charge in [0, 0.05) is 24.6 Å². The number of hydrogen-bond donors (Lipinski definition) is 1. The lowest BCUT2D eigenvalue weighted by Crippen LogP contribution is -2.41. The first kappa shape index (κ1) is 22.1. The SMILES string of the molecule is Cc1ccc(-c2nnc(NC(=O)C3CCN(S(=O)(=O)c4ccc(F)cc4)CC3)o2)c(C)c1. The maximum absolute atomic E-state index is 13.1. The monoisotopic (exact) mass is 458 g/mol. The average molecular weight is 459 g/mol. The van der Waals surface area contributed by atoms with Crippen molar-refractivity contribution in [2.45, 2.75) is 31.6 Å². The number of halogens is 1. The van der Waals surface area contributed by atoms with Crippen LogP contribution in [0, 0.1) is 25.6 Å². The number of sulfonamides is 1. The second kappa shape index (κ2) is 8.79. The minimum Gasteiger partial charge on any atom is -0.403 e. The fourth-order valence-electron chi connectivity index (χ4n) is 3.76. The largest absolute Gasteiger partial charge is 0.403 e. The molecule has 0 atom stereocenters. The molecule has 2 heterocycles. The highest BCUT2D eigenvalue weighted by Gasteiger charge is 2.32. The van der Waals surface area contributed by atoms with E-state index >= 15 is 0 Å². The van der Waals surface area contributed by atoms with Crippen molar-refractivity contribution in [1.82, 2.24) is 14.5 Å². The third-order valence-electron chi connectivity index (χ3n) is 5.54. The van der Waals surface area contributed by atoms with Gasteiger partial charge in [-0.1, -0.05) is 22.8 Å². The van der Waals surface area contributed by atoms with Gasteiger partial charge in [0.15, 0.2) is 0 Å². The van der Waals surface area contributed by atoms with Crippen LogP contribution < -0.4 is 5.32 Å². The number of anilines is 1. The third kappa shape index (κ3) is 4.56. The van der Waals surface area contributed by atoms with Gasteiger partial charge in [-0.25, -0.2) is 12.8 Å². The van der Waals surface area contributed by atoms with Crippen LogP contribution in [-0.4, -0.2) is 41.9 Å². The van der Waals surface area contributed by atoms with E-state index in [1.54, 1.807) is 0 Å². The highest BCUT2D eigenvalue weighted by atomic mass is 32.2. The van der Waals surface area contributed by atoms with Crippen LogP contribution in [-0.2, 0) is 14.8 Å². The first-order valence-electron chi connectivity index (χ1n) is 10.2. The molecule has 10 heteroatoms. The Kier molecular flexibility index (Phi) is 6.07. The average Bonchev–Trinajstić information content (AvgIpc) is 3.22. The molecular formula is C22H23FN4O4S. The summed E-state index contributed by atoms with van der Waals surface area (Å²) >= 11 is 0. The van der Waals surface area contributed by atoms with Gasteiger partial charge in [-0.2, -0.15) is 4.31 Å². The van der Waals surface area contributed by atoms with Gasteiger partial charge in [0.25, 0.3) is 0 Å². The van der Waals surface area contributed by atoms with Gasteiger partial charge in [0.1, 0.15) is 5.82 Å². The molecule has 0 aliphatic carbocycles. The molecule has 4 rings (SSSR count). The van der Waals surface area contributed by atoms with E-state index in [2.05, 4.69) is 15.5 Å². The Balaban J connectivity index is 1.37. The number of rotatable bonds is 5. The Labute approximate surface area is 185 Å². The molecule has 2 aromatic carbocycles.